The number of hydrogen-bond donors (Lipinski definition) is 0. The van der Waals surface area contributed by atoms with Crippen LogP contribution in [0.1, 0.15) is 9.81 Å². The zero-order valence-corrected chi connectivity index (χ0v) is 11.1. The van der Waals surface area contributed by atoms with Crippen LogP contribution in [0.5, 0.6) is 5.75 Å². The molecule has 0 saturated carbocycles. The summed E-state index contributed by atoms with van der Waals surface area (Å²) in [6, 6.07) is 2.62. The molecule has 0 radical (unpaired) electrons. The molecule has 0 aliphatic rings. The number of non-ortho nitro benzene ring substituents is 1. The van der Waals surface area contributed by atoms with Crippen LogP contribution in [0.25, 0.3) is 0 Å². The summed E-state index contributed by atoms with van der Waals surface area (Å²) in [6.07, 6.45) is 0.891. The Morgan fingerprint density at radius 1 is 1.22 bits per heavy atom. The number of imidazole rings is 1. The van der Waals surface area contributed by atoms with Crippen molar-refractivity contribution in [2.75, 3.05) is 0 Å². The van der Waals surface area contributed by atoms with Gasteiger partial charge in [-0.05, 0) is 11.0 Å². The topological polar surface area (TPSA) is 156 Å². The van der Waals surface area contributed by atoms with E-state index >= 15 is 0 Å². The van der Waals surface area contributed by atoms with Crippen molar-refractivity contribution in [1.82, 2.24) is 9.55 Å². The van der Waals surface area contributed by atoms with E-state index in [-0.39, 0.29) is 11.4 Å². The van der Waals surface area contributed by atoms with Crippen molar-refractivity contribution in [2.45, 2.75) is 6.61 Å². The van der Waals surface area contributed by atoms with Crippen LogP contribution in [-0.2, 0) is 13.6 Å². The predicted molar refractivity (Wildman–Crippen MR) is 73.9 cm³/mol. The molecular formula is C11H9N5O7. The number of nitro groups is 3. The first-order chi connectivity index (χ1) is 12.0. The zero-order chi connectivity index (χ0) is 19.6. The molecule has 2 rings (SSSR count). The highest BCUT2D eigenvalue weighted by Crippen LogP contribution is 2.31. The number of nitrogens with zero attached hydrogens (tertiary/aromatic N) is 5. The van der Waals surface area contributed by atoms with Gasteiger partial charge in [-0.15, -0.1) is 0 Å². The second kappa shape index (κ2) is 6.05. The van der Waals surface area contributed by atoms with Crippen molar-refractivity contribution in [3.8, 4) is 5.75 Å². The molecule has 0 amide bonds. The van der Waals surface area contributed by atoms with E-state index in [0.29, 0.717) is 10.6 Å². The van der Waals surface area contributed by atoms with Crippen LogP contribution in [0.2, 0.25) is 0 Å². The van der Waals surface area contributed by atoms with Gasteiger partial charge in [-0.3, -0.25) is 20.2 Å². The molecule has 120 valence electrons. The summed E-state index contributed by atoms with van der Waals surface area (Å²) in [4.78, 5) is 33.3. The summed E-state index contributed by atoms with van der Waals surface area (Å²) in [7, 11) is 0. The maximum Gasteiger partial charge on any atom is 0.434 e. The molecule has 23 heavy (non-hydrogen) atoms. The monoisotopic (exact) mass is 326 g/mol. The number of rotatable bonds is 6. The molecule has 2 aromatic rings. The van der Waals surface area contributed by atoms with Crippen LogP contribution in [0.4, 0.5) is 17.3 Å². The Kier molecular flexibility index (Phi) is 3.16. The van der Waals surface area contributed by atoms with Gasteiger partial charge in [-0.1, -0.05) is 4.98 Å². The van der Waals surface area contributed by atoms with E-state index in [1.165, 1.54) is 0 Å². The Hall–Kier alpha value is -3.57. The highest BCUT2D eigenvalue weighted by molar-refractivity contribution is 5.53. The summed E-state index contributed by atoms with van der Waals surface area (Å²) in [5.41, 5.74) is -1.48. The van der Waals surface area contributed by atoms with Gasteiger partial charge in [0.25, 0.3) is 5.69 Å². The second-order valence-electron chi connectivity index (χ2n) is 4.10. The van der Waals surface area contributed by atoms with Gasteiger partial charge in [0, 0.05) is 6.07 Å². The lowest BCUT2D eigenvalue weighted by Gasteiger charge is -2.05. The minimum Gasteiger partial charge on any atom is -0.479 e. The van der Waals surface area contributed by atoms with Crippen molar-refractivity contribution in [1.29, 1.82) is 0 Å². The van der Waals surface area contributed by atoms with Gasteiger partial charge in [-0.2, -0.15) is 0 Å². The Bertz CT molecular complexity index is 895. The third-order valence-corrected chi connectivity index (χ3v) is 2.71. The Morgan fingerprint density at radius 2 is 1.96 bits per heavy atom. The molecule has 0 aliphatic carbocycles. The molecule has 0 spiro atoms. The molecule has 12 heteroatoms. The summed E-state index contributed by atoms with van der Waals surface area (Å²) in [6.45, 7) is -3.53. The molecule has 1 aromatic heterocycles. The van der Waals surface area contributed by atoms with Gasteiger partial charge >= 0.3 is 11.6 Å². The van der Waals surface area contributed by atoms with E-state index in [4.69, 9.17) is 8.85 Å². The SMILES string of the molecule is [2H]C([2H])([2H])n1c(COc2ccc([N+](=O)[O-])cc2[N+](=O)[O-])cnc1[N+](=O)[O-]. The van der Waals surface area contributed by atoms with Gasteiger partial charge in [0.1, 0.15) is 12.8 Å². The average Bonchev–Trinajstić information content (AvgIpc) is 2.97. The van der Waals surface area contributed by atoms with Gasteiger partial charge in [-0.25, -0.2) is 4.57 Å². The van der Waals surface area contributed by atoms with Crippen LogP contribution in [0.15, 0.2) is 24.4 Å². The van der Waals surface area contributed by atoms with Crippen molar-refractivity contribution >= 4 is 17.3 Å². The normalized spacial score (nSPS) is 12.8. The fourth-order valence-electron chi connectivity index (χ4n) is 1.64. The fourth-order valence-corrected chi connectivity index (χ4v) is 1.64. The second-order valence-corrected chi connectivity index (χ2v) is 4.10. The van der Waals surface area contributed by atoms with Crippen LogP contribution in [-0.4, -0.2) is 24.3 Å². The van der Waals surface area contributed by atoms with E-state index in [1.54, 1.807) is 0 Å². The lowest BCUT2D eigenvalue weighted by molar-refractivity contribution is -0.396. The van der Waals surface area contributed by atoms with Crippen LogP contribution in [0.3, 0.4) is 0 Å². The molecule has 1 aromatic carbocycles. The minimum absolute atomic E-state index is 0.232. The number of aromatic nitrogens is 2. The van der Waals surface area contributed by atoms with E-state index in [1.807, 2.05) is 0 Å². The van der Waals surface area contributed by atoms with E-state index in [0.717, 1.165) is 18.3 Å². The summed E-state index contributed by atoms with van der Waals surface area (Å²) in [5, 5.41) is 32.6. The van der Waals surface area contributed by atoms with E-state index in [2.05, 4.69) is 4.98 Å². The number of hydrogen-bond acceptors (Lipinski definition) is 8. The highest BCUT2D eigenvalue weighted by atomic mass is 16.6. The highest BCUT2D eigenvalue weighted by Gasteiger charge is 2.22. The molecule has 12 nitrogen and oxygen atoms in total. The summed E-state index contributed by atoms with van der Waals surface area (Å²) >= 11 is 0. The standard InChI is InChI=1S/C11H9N5O7/c1-13-8(5-12-11(13)16(21)22)6-23-10-3-2-7(14(17)18)4-9(10)15(19)20/h2-5H,6H2,1H3/i1D3. The van der Waals surface area contributed by atoms with Gasteiger partial charge < -0.3 is 14.9 Å². The smallest absolute Gasteiger partial charge is 0.434 e. The number of nitro benzene ring substituents is 2. The largest absolute Gasteiger partial charge is 0.479 e. The quantitative estimate of drug-likeness (QED) is 0.573. The zero-order valence-electron chi connectivity index (χ0n) is 14.1. The Balaban J connectivity index is 2.37. The maximum absolute atomic E-state index is 11.0. The first kappa shape index (κ1) is 12.0. The molecule has 0 unspecified atom stereocenters. The average molecular weight is 326 g/mol. The van der Waals surface area contributed by atoms with Gasteiger partial charge in [0.2, 0.25) is 0 Å². The molecule has 1 heterocycles. The van der Waals surface area contributed by atoms with Crippen LogP contribution >= 0.6 is 0 Å². The molecule has 0 atom stereocenters. The molecule has 0 fully saturated rings. The molecule has 0 N–H and O–H groups in total. The van der Waals surface area contributed by atoms with Gasteiger partial charge in [0.15, 0.2) is 11.4 Å². The third-order valence-electron chi connectivity index (χ3n) is 2.71. The van der Waals surface area contributed by atoms with Crippen LogP contribution < -0.4 is 4.74 Å². The molecule has 0 saturated heterocycles. The maximum atomic E-state index is 11.0. The summed E-state index contributed by atoms with van der Waals surface area (Å²) in [5.74, 6) is -1.32. The van der Waals surface area contributed by atoms with Crippen molar-refractivity contribution in [2.24, 2.45) is 6.98 Å². The van der Waals surface area contributed by atoms with Crippen LogP contribution in [0, 0.1) is 30.3 Å². The fraction of sp³-hybridized carbons (Fsp3) is 0.182. The van der Waals surface area contributed by atoms with E-state index < -0.39 is 45.7 Å². The number of benzene rings is 1. The van der Waals surface area contributed by atoms with Gasteiger partial charge in [0.05, 0.1) is 27.0 Å². The first-order valence-electron chi connectivity index (χ1n) is 7.29. The third kappa shape index (κ3) is 3.20. The lowest BCUT2D eigenvalue weighted by Crippen LogP contribution is -2.06. The molecular weight excluding hydrogens is 314 g/mol. The molecule has 0 aliphatic heterocycles. The van der Waals surface area contributed by atoms with E-state index in [9.17, 15) is 30.3 Å². The van der Waals surface area contributed by atoms with Crippen molar-refractivity contribution in [3.05, 3.63) is 60.4 Å². The van der Waals surface area contributed by atoms with Crippen molar-refractivity contribution in [3.63, 3.8) is 0 Å². The predicted octanol–water partition coefficient (Wildman–Crippen LogP) is 1.72. The minimum atomic E-state index is -2.93. The Labute approximate surface area is 131 Å². The Morgan fingerprint density at radius 3 is 2.52 bits per heavy atom. The van der Waals surface area contributed by atoms with Crippen molar-refractivity contribution < 1.29 is 23.6 Å². The summed E-state index contributed by atoms with van der Waals surface area (Å²) < 4.78 is 27.5. The molecule has 0 bridgehead atoms. The lowest BCUT2D eigenvalue weighted by atomic mass is 10.2. The first-order valence-corrected chi connectivity index (χ1v) is 5.79. The number of ether oxygens (including phenoxy) is 1.